The van der Waals surface area contributed by atoms with Gasteiger partial charge in [-0.05, 0) is 17.7 Å². The van der Waals surface area contributed by atoms with Crippen molar-refractivity contribution in [2.24, 2.45) is 5.73 Å². The van der Waals surface area contributed by atoms with Crippen LogP contribution in [0, 0.1) is 0 Å². The summed E-state index contributed by atoms with van der Waals surface area (Å²) >= 11 is 0. The largest absolute Gasteiger partial charge is 0.480 e. The van der Waals surface area contributed by atoms with Crippen molar-refractivity contribution in [1.82, 2.24) is 9.97 Å². The van der Waals surface area contributed by atoms with Gasteiger partial charge in [-0.3, -0.25) is 4.79 Å². The van der Waals surface area contributed by atoms with E-state index in [2.05, 4.69) is 9.97 Å². The van der Waals surface area contributed by atoms with Crippen molar-refractivity contribution in [3.05, 3.63) is 34.2 Å². The number of carbonyl (C=O) groups is 1. The number of aromatic amines is 2. The minimum atomic E-state index is -1.06. The van der Waals surface area contributed by atoms with Gasteiger partial charge in [0, 0.05) is 0 Å². The van der Waals surface area contributed by atoms with E-state index in [9.17, 15) is 9.59 Å². The van der Waals surface area contributed by atoms with Gasteiger partial charge in [0.15, 0.2) is 0 Å². The fraction of sp³-hybridized carbons (Fsp3) is 0.333. The van der Waals surface area contributed by atoms with Gasteiger partial charge in [-0.2, -0.15) is 0 Å². The van der Waals surface area contributed by atoms with Crippen molar-refractivity contribution < 1.29 is 14.6 Å². The number of carboxylic acid groups (broad SMARTS) is 1. The van der Waals surface area contributed by atoms with Crippen LogP contribution in [0.15, 0.2) is 23.0 Å². The molecular formula is C12H13N3O4. The lowest BCUT2D eigenvalue weighted by Gasteiger charge is -2.44. The van der Waals surface area contributed by atoms with Crippen molar-refractivity contribution >= 4 is 17.0 Å². The molecule has 3 rings (SSSR count). The molecule has 19 heavy (non-hydrogen) atoms. The molecule has 100 valence electrons. The van der Waals surface area contributed by atoms with E-state index < -0.39 is 17.4 Å². The molecule has 0 bridgehead atoms. The number of nitrogens with one attached hydrogen (secondary N) is 2. The van der Waals surface area contributed by atoms with Crippen LogP contribution in [0.1, 0.15) is 5.56 Å². The third kappa shape index (κ3) is 1.66. The minimum absolute atomic E-state index is 0.265. The minimum Gasteiger partial charge on any atom is -0.480 e. The van der Waals surface area contributed by atoms with Crippen LogP contribution in [0.25, 0.3) is 11.0 Å². The molecule has 1 unspecified atom stereocenters. The Morgan fingerprint density at radius 3 is 2.63 bits per heavy atom. The van der Waals surface area contributed by atoms with Crippen molar-refractivity contribution in [3.63, 3.8) is 0 Å². The molecule has 0 spiro atoms. The summed E-state index contributed by atoms with van der Waals surface area (Å²) in [7, 11) is 0. The summed E-state index contributed by atoms with van der Waals surface area (Å²) in [5.41, 5.74) is 6.82. The van der Waals surface area contributed by atoms with E-state index in [0.717, 1.165) is 5.56 Å². The predicted octanol–water partition coefficient (Wildman–Crippen LogP) is -0.464. The zero-order chi connectivity index (χ0) is 13.6. The standard InChI is InChI=1S/C12H13N3O4/c13-9(10(16)17)12(4-19-5-12)6-1-2-7-8(3-6)15-11(18)14-7/h1-3,9H,4-5,13H2,(H,16,17)(H2,14,15,18). The van der Waals surface area contributed by atoms with E-state index in [1.807, 2.05) is 0 Å². The number of carboxylic acids is 1. The summed E-state index contributed by atoms with van der Waals surface area (Å²) in [6.07, 6.45) is 0. The highest BCUT2D eigenvalue weighted by atomic mass is 16.5. The zero-order valence-corrected chi connectivity index (χ0v) is 9.97. The molecule has 7 nitrogen and oxygen atoms in total. The van der Waals surface area contributed by atoms with Gasteiger partial charge in [-0.15, -0.1) is 0 Å². The highest BCUT2D eigenvalue weighted by molar-refractivity contribution is 5.79. The number of H-pyrrole nitrogens is 2. The molecule has 1 aliphatic rings. The fourth-order valence-electron chi connectivity index (χ4n) is 2.43. The Hall–Kier alpha value is -2.12. The second kappa shape index (κ2) is 3.94. The average molecular weight is 263 g/mol. The molecule has 1 saturated heterocycles. The summed E-state index contributed by atoms with van der Waals surface area (Å²) in [4.78, 5) is 27.6. The van der Waals surface area contributed by atoms with Crippen LogP contribution in [0.3, 0.4) is 0 Å². The lowest BCUT2D eigenvalue weighted by molar-refractivity contribution is -0.148. The van der Waals surface area contributed by atoms with Gasteiger partial charge >= 0.3 is 11.7 Å². The molecule has 1 atom stereocenters. The summed E-state index contributed by atoms with van der Waals surface area (Å²) in [6.45, 7) is 0.529. The Bertz CT molecular complexity index is 698. The molecule has 1 fully saturated rings. The highest BCUT2D eigenvalue weighted by Crippen LogP contribution is 2.36. The first-order valence-corrected chi connectivity index (χ1v) is 5.82. The van der Waals surface area contributed by atoms with E-state index in [0.29, 0.717) is 11.0 Å². The van der Waals surface area contributed by atoms with E-state index in [-0.39, 0.29) is 18.9 Å². The Morgan fingerprint density at radius 2 is 2.05 bits per heavy atom. The molecule has 1 aromatic carbocycles. The number of nitrogens with two attached hydrogens (primary N) is 1. The van der Waals surface area contributed by atoms with Crippen LogP contribution in [0.2, 0.25) is 0 Å². The van der Waals surface area contributed by atoms with E-state index in [4.69, 9.17) is 15.6 Å². The summed E-state index contributed by atoms with van der Waals surface area (Å²) < 4.78 is 5.16. The van der Waals surface area contributed by atoms with Gasteiger partial charge in [-0.25, -0.2) is 4.79 Å². The van der Waals surface area contributed by atoms with E-state index in [1.165, 1.54) is 0 Å². The van der Waals surface area contributed by atoms with Gasteiger partial charge in [0.2, 0.25) is 0 Å². The quantitative estimate of drug-likeness (QED) is 0.597. The SMILES string of the molecule is NC(C(=O)O)C1(c2ccc3[nH]c(=O)[nH]c3c2)COC1. The monoisotopic (exact) mass is 263 g/mol. The summed E-state index contributed by atoms with van der Waals surface area (Å²) in [6, 6.07) is 4.22. The number of hydrogen-bond acceptors (Lipinski definition) is 4. The zero-order valence-electron chi connectivity index (χ0n) is 9.97. The third-order valence-corrected chi connectivity index (χ3v) is 3.67. The van der Waals surface area contributed by atoms with Gasteiger partial charge in [0.25, 0.3) is 0 Å². The predicted molar refractivity (Wildman–Crippen MR) is 67.0 cm³/mol. The normalized spacial score (nSPS) is 19.0. The molecular weight excluding hydrogens is 250 g/mol. The van der Waals surface area contributed by atoms with E-state index in [1.54, 1.807) is 18.2 Å². The van der Waals surface area contributed by atoms with Crippen molar-refractivity contribution in [2.75, 3.05) is 13.2 Å². The fourth-order valence-corrected chi connectivity index (χ4v) is 2.43. The van der Waals surface area contributed by atoms with Gasteiger partial charge in [0.05, 0.1) is 29.7 Å². The number of aromatic nitrogens is 2. The number of ether oxygens (including phenoxy) is 1. The van der Waals surface area contributed by atoms with Gasteiger partial charge in [0.1, 0.15) is 6.04 Å². The third-order valence-electron chi connectivity index (χ3n) is 3.67. The Labute approximate surface area is 107 Å². The second-order valence-corrected chi connectivity index (χ2v) is 4.80. The molecule has 0 aliphatic carbocycles. The summed E-state index contributed by atoms with van der Waals surface area (Å²) in [5, 5.41) is 9.12. The first-order chi connectivity index (χ1) is 9.03. The maximum absolute atomic E-state index is 11.2. The molecule has 0 radical (unpaired) electrons. The van der Waals surface area contributed by atoms with Crippen LogP contribution in [0.5, 0.6) is 0 Å². The molecule has 0 saturated carbocycles. The Morgan fingerprint density at radius 1 is 1.37 bits per heavy atom. The Balaban J connectivity index is 2.11. The first-order valence-electron chi connectivity index (χ1n) is 5.82. The number of aliphatic carboxylic acids is 1. The van der Waals surface area contributed by atoms with Gasteiger partial charge in [-0.1, -0.05) is 6.07 Å². The van der Waals surface area contributed by atoms with Crippen LogP contribution >= 0.6 is 0 Å². The van der Waals surface area contributed by atoms with Crippen LogP contribution < -0.4 is 11.4 Å². The van der Waals surface area contributed by atoms with Gasteiger partial charge < -0.3 is 25.5 Å². The van der Waals surface area contributed by atoms with Crippen LogP contribution in [-0.4, -0.2) is 40.3 Å². The van der Waals surface area contributed by atoms with E-state index >= 15 is 0 Å². The molecule has 5 N–H and O–H groups in total. The number of imidazole rings is 1. The molecule has 1 aliphatic heterocycles. The first kappa shape index (κ1) is 11.9. The highest BCUT2D eigenvalue weighted by Gasteiger charge is 2.49. The maximum atomic E-state index is 11.2. The molecule has 0 amide bonds. The lowest BCUT2D eigenvalue weighted by atomic mass is 9.72. The lowest BCUT2D eigenvalue weighted by Crippen LogP contribution is -2.61. The van der Waals surface area contributed by atoms with Crippen molar-refractivity contribution in [3.8, 4) is 0 Å². The number of fused-ring (bicyclic) bond motifs is 1. The molecule has 2 heterocycles. The Kier molecular flexibility index (Phi) is 2.48. The molecule has 7 heteroatoms. The summed E-state index contributed by atoms with van der Waals surface area (Å²) in [5.74, 6) is -1.06. The second-order valence-electron chi connectivity index (χ2n) is 4.80. The average Bonchev–Trinajstić information content (AvgIpc) is 2.66. The molecule has 1 aromatic heterocycles. The number of hydrogen-bond donors (Lipinski definition) is 4. The smallest absolute Gasteiger partial charge is 0.323 e. The number of benzene rings is 1. The maximum Gasteiger partial charge on any atom is 0.323 e. The van der Waals surface area contributed by atoms with Crippen molar-refractivity contribution in [1.29, 1.82) is 0 Å². The topological polar surface area (TPSA) is 121 Å². The van der Waals surface area contributed by atoms with Crippen molar-refractivity contribution in [2.45, 2.75) is 11.5 Å². The molecule has 2 aromatic rings. The van der Waals surface area contributed by atoms with Crippen LogP contribution in [0.4, 0.5) is 0 Å². The van der Waals surface area contributed by atoms with Crippen LogP contribution in [-0.2, 0) is 14.9 Å². The number of rotatable bonds is 3.